The highest BCUT2D eigenvalue weighted by atomic mass is 16.5. The van der Waals surface area contributed by atoms with Gasteiger partial charge in [0.25, 0.3) is 0 Å². The van der Waals surface area contributed by atoms with Gasteiger partial charge in [0.2, 0.25) is 0 Å². The van der Waals surface area contributed by atoms with E-state index >= 15 is 0 Å². The molecular formula is C9H13NO2. The van der Waals surface area contributed by atoms with E-state index in [1.807, 2.05) is 0 Å². The fraction of sp³-hybridized carbons (Fsp3) is 0.556. The summed E-state index contributed by atoms with van der Waals surface area (Å²) >= 11 is 0. The zero-order valence-corrected chi connectivity index (χ0v) is 7.22. The standard InChI is InChI=1S/C9H13NO2/c1-3-7-5-4-6-10-8(7)9(11)12-2/h8,10H,1,4-6H2,2H3/t8-/m1/s1. The zero-order chi connectivity index (χ0) is 8.97. The van der Waals surface area contributed by atoms with Crippen LogP contribution in [-0.4, -0.2) is 25.7 Å². The Morgan fingerprint density at radius 1 is 1.83 bits per heavy atom. The molecular weight excluding hydrogens is 154 g/mol. The molecule has 1 atom stereocenters. The predicted molar refractivity (Wildman–Crippen MR) is 45.7 cm³/mol. The Labute approximate surface area is 72.1 Å². The minimum Gasteiger partial charge on any atom is -0.468 e. The van der Waals surface area contributed by atoms with Crippen molar-refractivity contribution in [2.45, 2.75) is 18.9 Å². The van der Waals surface area contributed by atoms with Gasteiger partial charge >= 0.3 is 5.97 Å². The summed E-state index contributed by atoms with van der Waals surface area (Å²) in [4.78, 5) is 11.2. The van der Waals surface area contributed by atoms with Gasteiger partial charge in [-0.2, -0.15) is 0 Å². The maximum atomic E-state index is 11.2. The van der Waals surface area contributed by atoms with E-state index in [2.05, 4.69) is 22.4 Å². The monoisotopic (exact) mass is 167 g/mol. The van der Waals surface area contributed by atoms with Crippen LogP contribution in [-0.2, 0) is 9.53 Å². The average molecular weight is 167 g/mol. The summed E-state index contributed by atoms with van der Waals surface area (Å²) in [5.41, 5.74) is 3.68. The second kappa shape index (κ2) is 4.10. The van der Waals surface area contributed by atoms with Crippen LogP contribution in [0.25, 0.3) is 0 Å². The molecule has 12 heavy (non-hydrogen) atoms. The van der Waals surface area contributed by atoms with Crippen LogP contribution in [0.15, 0.2) is 17.9 Å². The highest BCUT2D eigenvalue weighted by molar-refractivity contribution is 5.79. The molecule has 0 amide bonds. The number of carbonyl (C=O) groups excluding carboxylic acids is 1. The van der Waals surface area contributed by atoms with Gasteiger partial charge in [0, 0.05) is 0 Å². The lowest BCUT2D eigenvalue weighted by Gasteiger charge is -2.22. The van der Waals surface area contributed by atoms with Crippen LogP contribution in [0.4, 0.5) is 0 Å². The van der Waals surface area contributed by atoms with E-state index in [-0.39, 0.29) is 12.0 Å². The van der Waals surface area contributed by atoms with Crippen molar-refractivity contribution in [1.29, 1.82) is 0 Å². The third kappa shape index (κ3) is 1.76. The molecule has 0 unspecified atom stereocenters. The summed E-state index contributed by atoms with van der Waals surface area (Å²) in [5.74, 6) is -0.249. The molecule has 1 heterocycles. The van der Waals surface area contributed by atoms with Crippen molar-refractivity contribution in [3.05, 3.63) is 17.9 Å². The van der Waals surface area contributed by atoms with Crippen molar-refractivity contribution >= 4 is 5.97 Å². The molecule has 1 aliphatic heterocycles. The molecule has 3 heteroatoms. The van der Waals surface area contributed by atoms with Crippen LogP contribution in [0.1, 0.15) is 12.8 Å². The minimum absolute atomic E-state index is 0.249. The first-order chi connectivity index (χ1) is 5.79. The maximum absolute atomic E-state index is 11.2. The number of esters is 1. The molecule has 0 spiro atoms. The molecule has 1 saturated heterocycles. The molecule has 0 aromatic heterocycles. The molecule has 1 fully saturated rings. The lowest BCUT2D eigenvalue weighted by Crippen LogP contribution is -2.42. The molecule has 1 N–H and O–H groups in total. The number of nitrogens with one attached hydrogen (secondary N) is 1. The van der Waals surface area contributed by atoms with E-state index in [0.717, 1.165) is 25.0 Å². The van der Waals surface area contributed by atoms with Gasteiger partial charge in [-0.15, -0.1) is 5.73 Å². The van der Waals surface area contributed by atoms with Gasteiger partial charge in [-0.25, -0.2) is 4.79 Å². The van der Waals surface area contributed by atoms with Crippen LogP contribution < -0.4 is 5.32 Å². The fourth-order valence-electron chi connectivity index (χ4n) is 1.33. The van der Waals surface area contributed by atoms with Crippen molar-refractivity contribution < 1.29 is 9.53 Å². The Morgan fingerprint density at radius 2 is 2.58 bits per heavy atom. The molecule has 1 rings (SSSR count). The van der Waals surface area contributed by atoms with Crippen molar-refractivity contribution in [2.24, 2.45) is 0 Å². The lowest BCUT2D eigenvalue weighted by molar-refractivity contribution is -0.142. The van der Waals surface area contributed by atoms with Crippen molar-refractivity contribution in [1.82, 2.24) is 5.32 Å². The van der Waals surface area contributed by atoms with Gasteiger partial charge in [-0.3, -0.25) is 0 Å². The van der Waals surface area contributed by atoms with E-state index in [9.17, 15) is 4.79 Å². The summed E-state index contributed by atoms with van der Waals surface area (Å²) in [7, 11) is 1.39. The number of piperidine rings is 1. The average Bonchev–Trinajstić information content (AvgIpc) is 2.16. The first-order valence-electron chi connectivity index (χ1n) is 3.99. The number of rotatable bonds is 1. The van der Waals surface area contributed by atoms with Crippen LogP contribution in [0.5, 0.6) is 0 Å². The third-order valence-electron chi connectivity index (χ3n) is 1.98. The lowest BCUT2D eigenvalue weighted by atomic mass is 9.99. The van der Waals surface area contributed by atoms with Gasteiger partial charge in [-0.1, -0.05) is 6.58 Å². The fourth-order valence-corrected chi connectivity index (χ4v) is 1.33. The highest BCUT2D eigenvalue weighted by Crippen LogP contribution is 2.14. The summed E-state index contributed by atoms with van der Waals surface area (Å²) < 4.78 is 4.63. The first kappa shape index (κ1) is 9.04. The van der Waals surface area contributed by atoms with Gasteiger partial charge in [0.1, 0.15) is 6.04 Å². The Bertz CT molecular complexity index is 229. The third-order valence-corrected chi connectivity index (χ3v) is 1.98. The quantitative estimate of drug-likeness (QED) is 0.459. The van der Waals surface area contributed by atoms with Gasteiger partial charge < -0.3 is 10.1 Å². The van der Waals surface area contributed by atoms with Gasteiger partial charge in [0.15, 0.2) is 0 Å². The van der Waals surface area contributed by atoms with Crippen LogP contribution in [0.2, 0.25) is 0 Å². The largest absolute Gasteiger partial charge is 0.468 e. The molecule has 0 radical (unpaired) electrons. The van der Waals surface area contributed by atoms with Crippen LogP contribution in [0.3, 0.4) is 0 Å². The van der Waals surface area contributed by atoms with Crippen molar-refractivity contribution in [2.75, 3.05) is 13.7 Å². The molecule has 0 aromatic rings. The smallest absolute Gasteiger partial charge is 0.327 e. The molecule has 3 nitrogen and oxygen atoms in total. The normalized spacial score (nSPS) is 23.1. The Balaban J connectivity index is 2.72. The molecule has 0 bridgehead atoms. The van der Waals surface area contributed by atoms with Crippen LogP contribution in [0, 0.1) is 0 Å². The summed E-state index contributed by atoms with van der Waals surface area (Å²) in [5, 5.41) is 3.06. The van der Waals surface area contributed by atoms with Crippen molar-refractivity contribution in [3.8, 4) is 0 Å². The summed E-state index contributed by atoms with van der Waals surface area (Å²) in [6, 6.07) is -0.318. The molecule has 1 aliphatic rings. The number of hydrogen-bond acceptors (Lipinski definition) is 3. The Kier molecular flexibility index (Phi) is 3.09. The van der Waals surface area contributed by atoms with Gasteiger partial charge in [0.05, 0.1) is 7.11 Å². The Hall–Kier alpha value is -1.05. The predicted octanol–water partition coefficient (Wildman–Crippen LogP) is 0.623. The van der Waals surface area contributed by atoms with E-state index in [4.69, 9.17) is 0 Å². The van der Waals surface area contributed by atoms with Crippen LogP contribution >= 0.6 is 0 Å². The second-order valence-electron chi connectivity index (χ2n) is 2.72. The molecule has 0 aliphatic carbocycles. The maximum Gasteiger partial charge on any atom is 0.327 e. The van der Waals surface area contributed by atoms with Crippen molar-refractivity contribution in [3.63, 3.8) is 0 Å². The first-order valence-corrected chi connectivity index (χ1v) is 3.99. The number of ether oxygens (including phenoxy) is 1. The summed E-state index contributed by atoms with van der Waals surface area (Å²) in [6.45, 7) is 4.39. The Morgan fingerprint density at radius 3 is 3.17 bits per heavy atom. The SMILES string of the molecule is C=C=C1CCCN[C@H]1C(=O)OC. The number of methoxy groups -OCH3 is 1. The second-order valence-corrected chi connectivity index (χ2v) is 2.72. The van der Waals surface area contributed by atoms with E-state index in [0.29, 0.717) is 0 Å². The van der Waals surface area contributed by atoms with E-state index in [1.165, 1.54) is 7.11 Å². The van der Waals surface area contributed by atoms with E-state index in [1.54, 1.807) is 0 Å². The van der Waals surface area contributed by atoms with E-state index < -0.39 is 0 Å². The number of carbonyl (C=O) groups is 1. The highest BCUT2D eigenvalue weighted by Gasteiger charge is 2.25. The zero-order valence-electron chi connectivity index (χ0n) is 7.22. The topological polar surface area (TPSA) is 38.3 Å². The summed E-state index contributed by atoms with van der Waals surface area (Å²) in [6.07, 6.45) is 1.92. The molecule has 0 saturated carbocycles. The number of hydrogen-bond donors (Lipinski definition) is 1. The molecule has 66 valence electrons. The van der Waals surface area contributed by atoms with Gasteiger partial charge in [-0.05, 0) is 25.0 Å². The molecule has 0 aromatic carbocycles. The minimum atomic E-state index is -0.318.